The van der Waals surface area contributed by atoms with Crippen LogP contribution < -0.4 is 59.1 Å². The summed E-state index contributed by atoms with van der Waals surface area (Å²) in [5.74, 6) is -3.43. The van der Waals surface area contributed by atoms with Crippen LogP contribution in [0.2, 0.25) is 0 Å². The van der Waals surface area contributed by atoms with E-state index in [0.717, 1.165) is 24.3 Å². The monoisotopic (exact) mass is 646 g/mol. The third kappa shape index (κ3) is 10.9. The summed E-state index contributed by atoms with van der Waals surface area (Å²) in [7, 11) is -11.0. The molecular formula is C16H10Br2Na2O11S2. The minimum atomic E-state index is -5.49. The van der Waals surface area contributed by atoms with Crippen molar-refractivity contribution in [3.05, 3.63) is 61.9 Å². The molecular weight excluding hydrogens is 638 g/mol. The Hall–Kier alpha value is -0.300. The summed E-state index contributed by atoms with van der Waals surface area (Å²) in [5.41, 5.74) is 0.00126. The molecule has 0 saturated heterocycles. The van der Waals surface area contributed by atoms with Crippen molar-refractivity contribution in [1.82, 2.24) is 0 Å². The van der Waals surface area contributed by atoms with Crippen molar-refractivity contribution >= 4 is 64.8 Å². The first-order valence-corrected chi connectivity index (χ1v) is 11.8. The predicted octanol–water partition coefficient (Wildman–Crippen LogP) is -3.33. The van der Waals surface area contributed by atoms with Gasteiger partial charge in [-0.1, -0.05) is 6.07 Å². The van der Waals surface area contributed by atoms with Crippen molar-refractivity contribution in [1.29, 1.82) is 0 Å². The average Bonchev–Trinajstić information content (AvgIpc) is 2.59. The van der Waals surface area contributed by atoms with Gasteiger partial charge >= 0.3 is 59.1 Å². The van der Waals surface area contributed by atoms with E-state index < -0.39 is 43.8 Å². The smallest absolute Gasteiger partial charge is 0.716 e. The van der Waals surface area contributed by atoms with Gasteiger partial charge in [0.25, 0.3) is 20.8 Å². The van der Waals surface area contributed by atoms with Crippen LogP contribution in [0.1, 0.15) is 11.1 Å². The average molecular weight is 648 g/mol. The molecule has 0 amide bonds. The molecule has 3 N–H and O–H groups in total. The second kappa shape index (κ2) is 13.1. The topological polar surface area (TPSA) is 194 Å². The molecule has 0 unspecified atom stereocenters. The van der Waals surface area contributed by atoms with Crippen LogP contribution in [-0.2, 0) is 29.2 Å². The van der Waals surface area contributed by atoms with Crippen molar-refractivity contribution < 1.29 is 109 Å². The van der Waals surface area contributed by atoms with E-state index in [1.165, 1.54) is 18.2 Å². The first-order valence-electron chi connectivity index (χ1n) is 7.59. The molecule has 0 aromatic heterocycles. The molecule has 0 atom stereocenters. The Bertz CT molecular complexity index is 1270. The zero-order valence-electron chi connectivity index (χ0n) is 16.7. The molecule has 0 saturated carbocycles. The van der Waals surface area contributed by atoms with Gasteiger partial charge in [-0.3, -0.25) is 0 Å². The Balaban J connectivity index is 0.00000512. The maximum atomic E-state index is 11.2. The van der Waals surface area contributed by atoms with Gasteiger partial charge in [-0.25, -0.2) is 16.8 Å². The molecule has 0 fully saturated rings. The molecule has 11 nitrogen and oxygen atoms in total. The summed E-state index contributed by atoms with van der Waals surface area (Å²) in [6, 6.07) is 5.75. The van der Waals surface area contributed by atoms with Gasteiger partial charge in [0.15, 0.2) is 23.0 Å². The van der Waals surface area contributed by atoms with Crippen molar-refractivity contribution in [2.45, 2.75) is 0 Å². The van der Waals surface area contributed by atoms with Crippen LogP contribution in [0.15, 0.2) is 50.8 Å². The molecule has 17 heteroatoms. The van der Waals surface area contributed by atoms with Crippen LogP contribution in [0, 0.1) is 0 Å². The standard InChI is InChI=1S/C16H12Br2O11S2.2Na/c17-10-3-8(1-2-12(10)19)6-14(28-30(22,23)24)15(29-31(25,26)27)7-9-4-11(18)16(21)13(20)5-9;;/h1-7,19-21H,(H,22,23,24)(H,25,26,27);;/q;2*+1/p-2/b14-6+,15-7-;;. The number of benzene rings is 2. The number of rotatable bonds is 7. The molecule has 0 spiro atoms. The molecule has 2 aromatic carbocycles. The summed E-state index contributed by atoms with van der Waals surface area (Å²) in [6.07, 6.45) is 1.60. The Morgan fingerprint density at radius 1 is 0.758 bits per heavy atom. The summed E-state index contributed by atoms with van der Waals surface area (Å²) in [5, 5.41) is 28.8. The SMILES string of the molecule is O=S(=O)([O-])OC(=C\c1cc(O)c(O)c(Br)c1)/C(=C\c1ccc(O)c(Br)c1)OS(=O)(=O)[O-].[Na+].[Na+]. The van der Waals surface area contributed by atoms with Crippen molar-refractivity contribution in [3.8, 4) is 17.2 Å². The number of hydrogen-bond acceptors (Lipinski definition) is 11. The van der Waals surface area contributed by atoms with Crippen molar-refractivity contribution in [2.24, 2.45) is 0 Å². The van der Waals surface area contributed by atoms with E-state index in [0.29, 0.717) is 0 Å². The van der Waals surface area contributed by atoms with E-state index >= 15 is 0 Å². The van der Waals surface area contributed by atoms with Gasteiger partial charge in [0.2, 0.25) is 0 Å². The maximum Gasteiger partial charge on any atom is 1.00 e. The summed E-state index contributed by atoms with van der Waals surface area (Å²) >= 11 is 5.93. The molecule has 0 radical (unpaired) electrons. The van der Waals surface area contributed by atoms with Gasteiger partial charge in [-0.15, -0.1) is 0 Å². The Morgan fingerprint density at radius 2 is 1.21 bits per heavy atom. The van der Waals surface area contributed by atoms with Crippen LogP contribution in [0.4, 0.5) is 0 Å². The van der Waals surface area contributed by atoms with E-state index in [1.807, 2.05) is 0 Å². The van der Waals surface area contributed by atoms with Crippen molar-refractivity contribution in [2.75, 3.05) is 0 Å². The third-order valence-electron chi connectivity index (χ3n) is 3.26. The molecule has 0 heterocycles. The molecule has 33 heavy (non-hydrogen) atoms. The van der Waals surface area contributed by atoms with E-state index in [1.54, 1.807) is 0 Å². The molecule has 0 aliphatic heterocycles. The predicted molar refractivity (Wildman–Crippen MR) is 111 cm³/mol. The fourth-order valence-electron chi connectivity index (χ4n) is 2.10. The van der Waals surface area contributed by atoms with Crippen LogP contribution in [0.25, 0.3) is 12.2 Å². The van der Waals surface area contributed by atoms with Gasteiger partial charge in [-0.2, -0.15) is 0 Å². The van der Waals surface area contributed by atoms with Gasteiger partial charge in [0, 0.05) is 0 Å². The zero-order chi connectivity index (χ0) is 23.6. The fraction of sp³-hybridized carbons (Fsp3) is 0. The quantitative estimate of drug-likeness (QED) is 0.0680. The Morgan fingerprint density at radius 3 is 1.64 bits per heavy atom. The van der Waals surface area contributed by atoms with Crippen LogP contribution in [-0.4, -0.2) is 41.3 Å². The summed E-state index contributed by atoms with van der Waals surface area (Å²) in [4.78, 5) is 0. The zero-order valence-corrected chi connectivity index (χ0v) is 25.5. The minimum absolute atomic E-state index is 0. The van der Waals surface area contributed by atoms with Gasteiger partial charge in [0.05, 0.1) is 8.95 Å². The molecule has 168 valence electrons. The first kappa shape index (κ1) is 32.7. The maximum absolute atomic E-state index is 11.2. The van der Waals surface area contributed by atoms with Crippen LogP contribution >= 0.6 is 31.9 Å². The normalized spacial score (nSPS) is 12.4. The van der Waals surface area contributed by atoms with E-state index in [4.69, 9.17) is 0 Å². The summed E-state index contributed by atoms with van der Waals surface area (Å²) < 4.78 is 75.6. The van der Waals surface area contributed by atoms with E-state index in [-0.39, 0.29) is 84.9 Å². The fourth-order valence-corrected chi connectivity index (χ4v) is 3.66. The van der Waals surface area contributed by atoms with Crippen LogP contribution in [0.5, 0.6) is 17.2 Å². The van der Waals surface area contributed by atoms with Gasteiger partial charge in [0.1, 0.15) is 5.75 Å². The Labute approximate surface area is 249 Å². The number of aromatic hydroxyl groups is 3. The summed E-state index contributed by atoms with van der Waals surface area (Å²) in [6.45, 7) is 0. The molecule has 2 aromatic rings. The molecule has 0 aliphatic rings. The van der Waals surface area contributed by atoms with Crippen LogP contribution in [0.3, 0.4) is 0 Å². The largest absolute Gasteiger partial charge is 1.00 e. The second-order valence-electron chi connectivity index (χ2n) is 5.58. The molecule has 0 bridgehead atoms. The number of phenols is 3. The van der Waals surface area contributed by atoms with Gasteiger partial charge in [-0.05, 0) is 79.4 Å². The Kier molecular flexibility index (Phi) is 13.0. The van der Waals surface area contributed by atoms with Crippen molar-refractivity contribution in [3.63, 3.8) is 0 Å². The number of halogens is 2. The first-order chi connectivity index (χ1) is 14.1. The molecule has 2 rings (SSSR count). The minimum Gasteiger partial charge on any atom is -0.716 e. The second-order valence-corrected chi connectivity index (χ2v) is 9.26. The molecule has 0 aliphatic carbocycles. The number of phenolic OH excluding ortho intramolecular Hbond substituents is 3. The third-order valence-corrected chi connectivity index (χ3v) is 5.27. The van der Waals surface area contributed by atoms with Gasteiger partial charge < -0.3 is 32.8 Å². The van der Waals surface area contributed by atoms with E-state index in [2.05, 4.69) is 40.2 Å². The van der Waals surface area contributed by atoms with E-state index in [9.17, 15) is 41.3 Å². The number of hydrogen-bond donors (Lipinski definition) is 3.